The first-order valence-corrected chi connectivity index (χ1v) is 5.30. The highest BCUT2D eigenvalue weighted by Crippen LogP contribution is 2.32. The maximum absolute atomic E-state index is 11.0. The van der Waals surface area contributed by atoms with Crippen molar-refractivity contribution in [1.29, 1.82) is 0 Å². The molecule has 0 heterocycles. The lowest BCUT2D eigenvalue weighted by atomic mass is 9.81. The van der Waals surface area contributed by atoms with Gasteiger partial charge in [0.1, 0.15) is 5.78 Å². The molecule has 0 aromatic rings. The van der Waals surface area contributed by atoms with Crippen molar-refractivity contribution in [3.63, 3.8) is 0 Å². The molecule has 0 N–H and O–H groups in total. The molecule has 1 nitrogen and oxygen atoms in total. The van der Waals surface area contributed by atoms with Gasteiger partial charge in [0.25, 0.3) is 0 Å². The SMILES string of the molecule is CCC1=C(C)CCC(CC(C)=O)C1. The molecule has 74 valence electrons. The Kier molecular flexibility index (Phi) is 3.71. The summed E-state index contributed by atoms with van der Waals surface area (Å²) in [4.78, 5) is 11.0. The van der Waals surface area contributed by atoms with Gasteiger partial charge in [0.05, 0.1) is 0 Å². The zero-order chi connectivity index (χ0) is 9.84. The van der Waals surface area contributed by atoms with Gasteiger partial charge in [-0.15, -0.1) is 0 Å². The van der Waals surface area contributed by atoms with Gasteiger partial charge in [0.15, 0.2) is 0 Å². The third-order valence-corrected chi connectivity index (χ3v) is 3.07. The van der Waals surface area contributed by atoms with Crippen molar-refractivity contribution < 1.29 is 4.79 Å². The van der Waals surface area contributed by atoms with Crippen molar-refractivity contribution in [3.8, 4) is 0 Å². The Morgan fingerprint density at radius 1 is 1.54 bits per heavy atom. The van der Waals surface area contributed by atoms with Gasteiger partial charge in [-0.25, -0.2) is 0 Å². The second kappa shape index (κ2) is 4.59. The van der Waals surface area contributed by atoms with Crippen molar-refractivity contribution in [2.75, 3.05) is 0 Å². The zero-order valence-corrected chi connectivity index (χ0v) is 9.02. The van der Waals surface area contributed by atoms with Crippen LogP contribution in [-0.4, -0.2) is 5.78 Å². The Morgan fingerprint density at radius 2 is 2.23 bits per heavy atom. The predicted molar refractivity (Wildman–Crippen MR) is 55.6 cm³/mol. The molecule has 0 amide bonds. The van der Waals surface area contributed by atoms with Gasteiger partial charge in [-0.2, -0.15) is 0 Å². The number of rotatable bonds is 3. The summed E-state index contributed by atoms with van der Waals surface area (Å²) in [7, 11) is 0. The molecule has 1 aliphatic carbocycles. The van der Waals surface area contributed by atoms with E-state index in [9.17, 15) is 4.79 Å². The van der Waals surface area contributed by atoms with Crippen molar-refractivity contribution in [3.05, 3.63) is 11.1 Å². The van der Waals surface area contributed by atoms with Crippen molar-refractivity contribution in [2.24, 2.45) is 5.92 Å². The summed E-state index contributed by atoms with van der Waals surface area (Å²) in [6.45, 7) is 6.16. The van der Waals surface area contributed by atoms with E-state index in [1.54, 1.807) is 18.1 Å². The van der Waals surface area contributed by atoms with Crippen LogP contribution in [0.4, 0.5) is 0 Å². The Balaban J connectivity index is 2.54. The number of carbonyl (C=O) groups excluding carboxylic acids is 1. The maximum Gasteiger partial charge on any atom is 0.130 e. The zero-order valence-electron chi connectivity index (χ0n) is 9.02. The Bertz CT molecular complexity index is 225. The van der Waals surface area contributed by atoms with Crippen LogP contribution in [0, 0.1) is 5.92 Å². The summed E-state index contributed by atoms with van der Waals surface area (Å²) in [5.41, 5.74) is 3.17. The average molecular weight is 180 g/mol. The highest BCUT2D eigenvalue weighted by atomic mass is 16.1. The summed E-state index contributed by atoms with van der Waals surface area (Å²) in [5.74, 6) is 0.983. The van der Waals surface area contributed by atoms with Gasteiger partial charge >= 0.3 is 0 Å². The molecule has 0 saturated carbocycles. The first-order valence-electron chi connectivity index (χ1n) is 5.30. The van der Waals surface area contributed by atoms with Gasteiger partial charge in [-0.05, 0) is 45.4 Å². The summed E-state index contributed by atoms with van der Waals surface area (Å²) < 4.78 is 0. The van der Waals surface area contributed by atoms with Crippen LogP contribution in [0.2, 0.25) is 0 Å². The fraction of sp³-hybridized carbons (Fsp3) is 0.750. The van der Waals surface area contributed by atoms with E-state index in [1.807, 2.05) is 0 Å². The number of carbonyl (C=O) groups is 1. The predicted octanol–water partition coefficient (Wildman–Crippen LogP) is 3.49. The normalized spacial score (nSPS) is 23.5. The van der Waals surface area contributed by atoms with E-state index in [2.05, 4.69) is 13.8 Å². The standard InChI is InChI=1S/C12H20O/c1-4-12-8-11(7-10(3)13)6-5-9(12)2/h11H,4-8H2,1-3H3. The monoisotopic (exact) mass is 180 g/mol. The molecule has 0 aromatic carbocycles. The summed E-state index contributed by atoms with van der Waals surface area (Å²) >= 11 is 0. The minimum Gasteiger partial charge on any atom is -0.300 e. The molecule has 0 aromatic heterocycles. The van der Waals surface area contributed by atoms with E-state index < -0.39 is 0 Å². The molecule has 0 bridgehead atoms. The number of Topliss-reactive ketones (excluding diaryl/α,β-unsaturated/α-hetero) is 1. The lowest BCUT2D eigenvalue weighted by Gasteiger charge is -2.24. The molecule has 0 fully saturated rings. The van der Waals surface area contributed by atoms with Gasteiger partial charge in [-0.3, -0.25) is 0 Å². The molecule has 1 heteroatoms. The van der Waals surface area contributed by atoms with Crippen molar-refractivity contribution in [1.82, 2.24) is 0 Å². The minimum atomic E-state index is 0.347. The van der Waals surface area contributed by atoms with Crippen molar-refractivity contribution in [2.45, 2.75) is 52.9 Å². The van der Waals surface area contributed by atoms with Gasteiger partial charge in [-0.1, -0.05) is 18.1 Å². The first kappa shape index (κ1) is 10.5. The molecule has 1 aliphatic rings. The molecule has 1 rings (SSSR count). The summed E-state index contributed by atoms with van der Waals surface area (Å²) in [5, 5.41) is 0. The molecular formula is C12H20O. The maximum atomic E-state index is 11.0. The largest absolute Gasteiger partial charge is 0.300 e. The van der Waals surface area contributed by atoms with Crippen LogP contribution in [0.3, 0.4) is 0 Å². The highest BCUT2D eigenvalue weighted by Gasteiger charge is 2.18. The van der Waals surface area contributed by atoms with E-state index in [0.717, 1.165) is 6.42 Å². The molecular weight excluding hydrogens is 160 g/mol. The van der Waals surface area contributed by atoms with E-state index in [-0.39, 0.29) is 0 Å². The van der Waals surface area contributed by atoms with E-state index in [4.69, 9.17) is 0 Å². The Labute approximate surface area is 81.2 Å². The van der Waals surface area contributed by atoms with Crippen LogP contribution in [0.5, 0.6) is 0 Å². The second-order valence-electron chi connectivity index (χ2n) is 4.25. The van der Waals surface area contributed by atoms with E-state index in [0.29, 0.717) is 11.7 Å². The van der Waals surface area contributed by atoms with Crippen molar-refractivity contribution >= 4 is 5.78 Å². The fourth-order valence-corrected chi connectivity index (χ4v) is 2.25. The number of hydrogen-bond donors (Lipinski definition) is 0. The third kappa shape index (κ3) is 2.98. The summed E-state index contributed by atoms with van der Waals surface area (Å²) in [6, 6.07) is 0. The lowest BCUT2D eigenvalue weighted by Crippen LogP contribution is -2.12. The van der Waals surface area contributed by atoms with Gasteiger partial charge in [0.2, 0.25) is 0 Å². The minimum absolute atomic E-state index is 0.347. The molecule has 0 saturated heterocycles. The van der Waals surface area contributed by atoms with Gasteiger partial charge in [0, 0.05) is 6.42 Å². The fourth-order valence-electron chi connectivity index (χ4n) is 2.25. The first-order chi connectivity index (χ1) is 6.13. The molecule has 0 spiro atoms. The average Bonchev–Trinajstić information content (AvgIpc) is 2.07. The quantitative estimate of drug-likeness (QED) is 0.607. The van der Waals surface area contributed by atoms with Crippen LogP contribution in [0.25, 0.3) is 0 Å². The smallest absolute Gasteiger partial charge is 0.130 e. The summed E-state index contributed by atoms with van der Waals surface area (Å²) in [6.07, 6.45) is 5.55. The topological polar surface area (TPSA) is 17.1 Å². The van der Waals surface area contributed by atoms with Gasteiger partial charge < -0.3 is 4.79 Å². The Hall–Kier alpha value is -0.590. The van der Waals surface area contributed by atoms with Crippen LogP contribution in [0.15, 0.2) is 11.1 Å². The molecule has 13 heavy (non-hydrogen) atoms. The Morgan fingerprint density at radius 3 is 2.77 bits per heavy atom. The van der Waals surface area contributed by atoms with Crippen LogP contribution < -0.4 is 0 Å². The second-order valence-corrected chi connectivity index (χ2v) is 4.25. The van der Waals surface area contributed by atoms with Crippen LogP contribution >= 0.6 is 0 Å². The lowest BCUT2D eigenvalue weighted by molar-refractivity contribution is -0.117. The van der Waals surface area contributed by atoms with E-state index in [1.165, 1.54) is 25.7 Å². The number of allylic oxidation sites excluding steroid dienone is 2. The third-order valence-electron chi connectivity index (χ3n) is 3.07. The van der Waals surface area contributed by atoms with Crippen LogP contribution in [-0.2, 0) is 4.79 Å². The van der Waals surface area contributed by atoms with E-state index >= 15 is 0 Å². The number of ketones is 1. The van der Waals surface area contributed by atoms with Crippen LogP contribution in [0.1, 0.15) is 52.9 Å². The molecule has 0 aliphatic heterocycles. The highest BCUT2D eigenvalue weighted by molar-refractivity contribution is 5.75. The molecule has 1 unspecified atom stereocenters. The molecule has 0 radical (unpaired) electrons. The number of hydrogen-bond acceptors (Lipinski definition) is 1. The molecule has 1 atom stereocenters.